The Hall–Kier alpha value is -1.94. The summed E-state index contributed by atoms with van der Waals surface area (Å²) in [5, 5.41) is 1.12. The Morgan fingerprint density at radius 3 is 2.79 bits per heavy atom. The predicted octanol–water partition coefficient (Wildman–Crippen LogP) is 4.21. The summed E-state index contributed by atoms with van der Waals surface area (Å²) in [6.07, 6.45) is 3.80. The number of hydrogen-bond acceptors (Lipinski definition) is 2. The maximum atomic E-state index is 5.42. The van der Waals surface area contributed by atoms with E-state index in [0.29, 0.717) is 10.7 Å². The van der Waals surface area contributed by atoms with E-state index in [0.717, 1.165) is 16.6 Å². The average Bonchev–Trinajstić information content (AvgIpc) is 2.80. The van der Waals surface area contributed by atoms with Crippen LogP contribution in [0.5, 0.6) is 0 Å². The van der Waals surface area contributed by atoms with Gasteiger partial charge in [0, 0.05) is 23.5 Å². The van der Waals surface area contributed by atoms with Crippen LogP contribution in [0.2, 0.25) is 0 Å². The lowest BCUT2D eigenvalue weighted by atomic mass is 10.1. The van der Waals surface area contributed by atoms with Crippen LogP contribution in [0.25, 0.3) is 16.6 Å². The first-order valence-corrected chi connectivity index (χ1v) is 6.74. The molecule has 0 radical (unpaired) electrons. The summed E-state index contributed by atoms with van der Waals surface area (Å²) in [6.45, 7) is 4.32. The summed E-state index contributed by atoms with van der Waals surface area (Å²) in [5.41, 5.74) is 3.18. The Morgan fingerprint density at radius 1 is 1.21 bits per heavy atom. The number of H-pyrrole nitrogens is 1. The molecule has 4 heteroatoms. The summed E-state index contributed by atoms with van der Waals surface area (Å²) in [5.74, 6) is 0.395. The number of imidazole rings is 1. The van der Waals surface area contributed by atoms with Crippen LogP contribution in [0, 0.1) is 4.77 Å². The molecule has 3 aromatic rings. The molecule has 0 bridgehead atoms. The molecule has 0 saturated carbocycles. The minimum absolute atomic E-state index is 0.395. The first kappa shape index (κ1) is 12.1. The zero-order chi connectivity index (χ0) is 13.4. The minimum Gasteiger partial charge on any atom is -0.337 e. The van der Waals surface area contributed by atoms with Crippen LogP contribution < -0.4 is 0 Å². The Bertz CT molecular complexity index is 778. The molecule has 0 aliphatic rings. The van der Waals surface area contributed by atoms with Crippen LogP contribution in [0.4, 0.5) is 0 Å². The van der Waals surface area contributed by atoms with Crippen molar-refractivity contribution in [2.45, 2.75) is 19.8 Å². The second kappa shape index (κ2) is 4.63. The van der Waals surface area contributed by atoms with Crippen molar-refractivity contribution in [2.75, 3.05) is 0 Å². The standard InChI is InChI=1S/C15H15N3S/c1-10(2)13-9-17-15(19)18(13)12-7-3-5-11-6-4-8-16-14(11)12/h3-10H,1-2H3,(H,17,19). The molecule has 2 heterocycles. The van der Waals surface area contributed by atoms with Crippen LogP contribution in [-0.4, -0.2) is 14.5 Å². The lowest BCUT2D eigenvalue weighted by Gasteiger charge is -2.12. The van der Waals surface area contributed by atoms with E-state index in [1.807, 2.05) is 24.5 Å². The third-order valence-corrected chi connectivity index (χ3v) is 3.55. The molecule has 0 aliphatic heterocycles. The molecule has 2 aromatic heterocycles. The highest BCUT2D eigenvalue weighted by Gasteiger charge is 2.12. The van der Waals surface area contributed by atoms with Gasteiger partial charge in [-0.2, -0.15) is 0 Å². The zero-order valence-corrected chi connectivity index (χ0v) is 11.7. The van der Waals surface area contributed by atoms with Gasteiger partial charge in [-0.3, -0.25) is 9.55 Å². The molecule has 0 fully saturated rings. The molecular weight excluding hydrogens is 254 g/mol. The van der Waals surface area contributed by atoms with Crippen molar-refractivity contribution in [1.82, 2.24) is 14.5 Å². The van der Waals surface area contributed by atoms with Gasteiger partial charge in [-0.25, -0.2) is 0 Å². The zero-order valence-electron chi connectivity index (χ0n) is 10.9. The van der Waals surface area contributed by atoms with E-state index in [9.17, 15) is 0 Å². The Morgan fingerprint density at radius 2 is 2.00 bits per heavy atom. The summed E-state index contributed by atoms with van der Waals surface area (Å²) in [4.78, 5) is 7.63. The molecule has 96 valence electrons. The van der Waals surface area contributed by atoms with E-state index in [4.69, 9.17) is 12.2 Å². The number of aromatic nitrogens is 3. The van der Waals surface area contributed by atoms with Gasteiger partial charge in [0.25, 0.3) is 0 Å². The van der Waals surface area contributed by atoms with Gasteiger partial charge >= 0.3 is 0 Å². The molecule has 1 N–H and O–H groups in total. The Balaban J connectivity index is 2.37. The summed E-state index contributed by atoms with van der Waals surface area (Å²) >= 11 is 5.42. The van der Waals surface area contributed by atoms with Crippen molar-refractivity contribution in [3.63, 3.8) is 0 Å². The molecule has 0 aliphatic carbocycles. The number of nitrogens with zero attached hydrogens (tertiary/aromatic N) is 2. The number of fused-ring (bicyclic) bond motifs is 1. The third kappa shape index (κ3) is 1.98. The van der Waals surface area contributed by atoms with Gasteiger partial charge in [0.1, 0.15) is 0 Å². The fourth-order valence-electron chi connectivity index (χ4n) is 2.32. The molecule has 19 heavy (non-hydrogen) atoms. The molecule has 0 spiro atoms. The number of rotatable bonds is 2. The predicted molar refractivity (Wildman–Crippen MR) is 80.3 cm³/mol. The average molecular weight is 269 g/mol. The number of aromatic amines is 1. The molecule has 0 saturated heterocycles. The van der Waals surface area contributed by atoms with Crippen LogP contribution in [0.3, 0.4) is 0 Å². The van der Waals surface area contributed by atoms with Crippen LogP contribution >= 0.6 is 12.2 Å². The smallest absolute Gasteiger partial charge is 0.182 e. The molecule has 1 aromatic carbocycles. The van der Waals surface area contributed by atoms with E-state index in [-0.39, 0.29) is 0 Å². The second-order valence-corrected chi connectivity index (χ2v) is 5.25. The van der Waals surface area contributed by atoms with Gasteiger partial charge in [0.15, 0.2) is 4.77 Å². The Labute approximate surface area is 116 Å². The van der Waals surface area contributed by atoms with Crippen LogP contribution in [0.1, 0.15) is 25.5 Å². The number of pyridine rings is 1. The van der Waals surface area contributed by atoms with Gasteiger partial charge < -0.3 is 4.98 Å². The summed E-state index contributed by atoms with van der Waals surface area (Å²) in [6, 6.07) is 10.2. The van der Waals surface area contributed by atoms with Crippen LogP contribution in [-0.2, 0) is 0 Å². The van der Waals surface area contributed by atoms with Gasteiger partial charge in [0.05, 0.1) is 11.2 Å². The van der Waals surface area contributed by atoms with Crippen molar-refractivity contribution in [3.8, 4) is 5.69 Å². The molecule has 3 nitrogen and oxygen atoms in total. The second-order valence-electron chi connectivity index (χ2n) is 4.86. The van der Waals surface area contributed by atoms with Gasteiger partial charge in [0.2, 0.25) is 0 Å². The largest absolute Gasteiger partial charge is 0.337 e. The normalized spacial score (nSPS) is 11.3. The summed E-state index contributed by atoms with van der Waals surface area (Å²) in [7, 11) is 0. The SMILES string of the molecule is CC(C)c1c[nH]c(=S)n1-c1cccc2cccnc12. The topological polar surface area (TPSA) is 33.6 Å². The van der Waals surface area contributed by atoms with Crippen molar-refractivity contribution in [2.24, 2.45) is 0 Å². The van der Waals surface area contributed by atoms with E-state index in [1.165, 1.54) is 5.69 Å². The Kier molecular flexibility index (Phi) is 2.95. The van der Waals surface area contributed by atoms with Crippen molar-refractivity contribution < 1.29 is 0 Å². The molecule has 0 unspecified atom stereocenters. The monoisotopic (exact) mass is 269 g/mol. The lowest BCUT2D eigenvalue weighted by Crippen LogP contribution is -2.03. The van der Waals surface area contributed by atoms with Crippen molar-refractivity contribution in [3.05, 3.63) is 53.2 Å². The quantitative estimate of drug-likeness (QED) is 0.707. The first-order valence-electron chi connectivity index (χ1n) is 6.33. The maximum Gasteiger partial charge on any atom is 0.182 e. The number of para-hydroxylation sites is 1. The third-order valence-electron chi connectivity index (χ3n) is 3.25. The van der Waals surface area contributed by atoms with Crippen molar-refractivity contribution in [1.29, 1.82) is 0 Å². The summed E-state index contributed by atoms with van der Waals surface area (Å²) < 4.78 is 2.79. The molecule has 3 rings (SSSR count). The molecular formula is C15H15N3S. The van der Waals surface area contributed by atoms with Crippen molar-refractivity contribution >= 4 is 23.1 Å². The minimum atomic E-state index is 0.395. The first-order chi connectivity index (χ1) is 9.18. The number of benzene rings is 1. The molecule has 0 amide bonds. The maximum absolute atomic E-state index is 5.42. The van der Waals surface area contributed by atoms with Gasteiger partial charge in [-0.15, -0.1) is 0 Å². The van der Waals surface area contributed by atoms with E-state index in [2.05, 4.69) is 46.6 Å². The van der Waals surface area contributed by atoms with E-state index >= 15 is 0 Å². The number of hydrogen-bond donors (Lipinski definition) is 1. The van der Waals surface area contributed by atoms with E-state index in [1.54, 1.807) is 0 Å². The van der Waals surface area contributed by atoms with Gasteiger partial charge in [-0.1, -0.05) is 32.0 Å². The highest BCUT2D eigenvalue weighted by molar-refractivity contribution is 7.71. The van der Waals surface area contributed by atoms with Crippen LogP contribution in [0.15, 0.2) is 42.7 Å². The highest BCUT2D eigenvalue weighted by atomic mass is 32.1. The molecule has 0 atom stereocenters. The fraction of sp³-hybridized carbons (Fsp3) is 0.200. The number of nitrogens with one attached hydrogen (secondary N) is 1. The fourth-order valence-corrected chi connectivity index (χ4v) is 2.59. The lowest BCUT2D eigenvalue weighted by molar-refractivity contribution is 0.785. The van der Waals surface area contributed by atoms with E-state index < -0.39 is 0 Å². The van der Waals surface area contributed by atoms with Gasteiger partial charge in [-0.05, 0) is 30.3 Å². The highest BCUT2D eigenvalue weighted by Crippen LogP contribution is 2.25.